The molecule has 0 radical (unpaired) electrons. The maximum absolute atomic E-state index is 13.7. The molecule has 1 aliphatic carbocycles. The number of benzene rings is 3. The number of hydrogen-bond donors (Lipinski definition) is 4. The third-order valence-corrected chi connectivity index (χ3v) is 14.7. The van der Waals surface area contributed by atoms with Crippen molar-refractivity contribution in [2.45, 2.75) is 70.9 Å². The Hall–Kier alpha value is -2.92. The normalized spacial score (nSPS) is 20.7. The van der Waals surface area contributed by atoms with Gasteiger partial charge >= 0.3 is 0 Å². The number of nitrogens with one attached hydrogen (secondary N) is 2. The first-order chi connectivity index (χ1) is 24.5. The van der Waals surface area contributed by atoms with Gasteiger partial charge in [0.15, 0.2) is 9.84 Å². The Kier molecular flexibility index (Phi) is 11.9. The van der Waals surface area contributed by atoms with Crippen LogP contribution in [0.25, 0.3) is 11.1 Å². The Morgan fingerprint density at radius 3 is 2.37 bits per heavy atom. The zero-order valence-electron chi connectivity index (χ0n) is 29.0. The molecule has 2 saturated heterocycles. The van der Waals surface area contributed by atoms with Crippen molar-refractivity contribution in [3.05, 3.63) is 78.4 Å². The molecule has 14 heteroatoms. The number of aliphatic hydroxyl groups is 2. The van der Waals surface area contributed by atoms with E-state index >= 15 is 0 Å². The van der Waals surface area contributed by atoms with Gasteiger partial charge in [0.1, 0.15) is 18.5 Å². The fourth-order valence-corrected chi connectivity index (χ4v) is 10.2. The average molecular weight is 744 g/mol. The van der Waals surface area contributed by atoms with Crippen LogP contribution in [0, 0.1) is 0 Å². The van der Waals surface area contributed by atoms with Crippen molar-refractivity contribution < 1.29 is 41.3 Å². The van der Waals surface area contributed by atoms with Gasteiger partial charge in [0.2, 0.25) is 10.0 Å². The molecule has 1 unspecified atom stereocenters. The van der Waals surface area contributed by atoms with Gasteiger partial charge in [-0.2, -0.15) is 4.31 Å². The smallest absolute Gasteiger partial charge is 0.243 e. The summed E-state index contributed by atoms with van der Waals surface area (Å²) in [5, 5.41) is 26.9. The molecule has 2 atom stereocenters. The van der Waals surface area contributed by atoms with E-state index in [1.807, 2.05) is 30.3 Å². The second-order valence-electron chi connectivity index (χ2n) is 13.9. The van der Waals surface area contributed by atoms with Crippen molar-refractivity contribution in [3.63, 3.8) is 0 Å². The maximum Gasteiger partial charge on any atom is 0.243 e. The van der Waals surface area contributed by atoms with Crippen LogP contribution in [0.15, 0.2) is 82.6 Å². The van der Waals surface area contributed by atoms with Gasteiger partial charge in [0.05, 0.1) is 40.0 Å². The van der Waals surface area contributed by atoms with E-state index in [4.69, 9.17) is 14.2 Å². The molecule has 2 aliphatic heterocycles. The number of hydrogen-bond acceptors (Lipinski definition) is 11. The van der Waals surface area contributed by atoms with Gasteiger partial charge in [-0.05, 0) is 79.1 Å². The standard InChI is InChI=1S/C37H49N3O9S2/c1-47-19-16-38-23-28-8-10-29(11-9-28)30-4-2-7-35(20-30)51(45,46)40-17-14-36(15-18-40)22-31(25-49-36)39-24-32(42)26-48-33-5-3-6-34(21-33)50(43,44)37(27-41)12-13-37/h2-11,20-21,31-32,38-39,41-42H,12-19,22-27H2,1H3/t31-,32?/m0/s1. The number of ether oxygens (including phenoxy) is 3. The highest BCUT2D eigenvalue weighted by atomic mass is 32.2. The molecule has 0 bridgehead atoms. The zero-order valence-corrected chi connectivity index (χ0v) is 30.6. The summed E-state index contributed by atoms with van der Waals surface area (Å²) in [6.45, 7) is 3.12. The van der Waals surface area contributed by atoms with E-state index in [9.17, 15) is 27.0 Å². The summed E-state index contributed by atoms with van der Waals surface area (Å²) in [5.74, 6) is 0.330. The Morgan fingerprint density at radius 2 is 1.67 bits per heavy atom. The molecule has 3 aliphatic rings. The van der Waals surface area contributed by atoms with Crippen molar-refractivity contribution in [2.75, 3.05) is 59.7 Å². The summed E-state index contributed by atoms with van der Waals surface area (Å²) in [7, 11) is -5.70. The van der Waals surface area contributed by atoms with Crippen LogP contribution in [0.1, 0.15) is 37.7 Å². The lowest BCUT2D eigenvalue weighted by molar-refractivity contribution is -0.0312. The SMILES string of the molecule is COCCNCc1ccc(-c2cccc(S(=O)(=O)N3CCC4(CC3)C[C@H](NCC(O)COc3cccc(S(=O)(=O)C5(CO)CC5)c3)CO4)c2)cc1. The minimum absolute atomic E-state index is 0.00583. The topological polar surface area (TPSA) is 164 Å². The number of aliphatic hydroxyl groups excluding tert-OH is 2. The molecule has 2 heterocycles. The maximum atomic E-state index is 13.7. The fourth-order valence-electron chi connectivity index (χ4n) is 6.85. The molecule has 1 saturated carbocycles. The molecule has 278 valence electrons. The fraction of sp³-hybridized carbons (Fsp3) is 0.514. The van der Waals surface area contributed by atoms with E-state index in [1.54, 1.807) is 41.7 Å². The van der Waals surface area contributed by atoms with Gasteiger partial charge in [0, 0.05) is 45.9 Å². The molecular formula is C37H49N3O9S2. The number of rotatable bonds is 17. The quantitative estimate of drug-likeness (QED) is 0.151. The van der Waals surface area contributed by atoms with Gasteiger partial charge in [-0.3, -0.25) is 0 Å². The number of sulfonamides is 1. The number of sulfone groups is 1. The van der Waals surface area contributed by atoms with Gasteiger partial charge < -0.3 is 35.1 Å². The Balaban J connectivity index is 0.960. The predicted molar refractivity (Wildman–Crippen MR) is 193 cm³/mol. The van der Waals surface area contributed by atoms with Gasteiger partial charge in [-0.25, -0.2) is 16.8 Å². The van der Waals surface area contributed by atoms with E-state index in [0.717, 1.165) is 29.8 Å². The minimum atomic E-state index is -3.70. The highest BCUT2D eigenvalue weighted by Gasteiger charge is 2.54. The molecule has 0 aromatic heterocycles. The largest absolute Gasteiger partial charge is 0.491 e. The van der Waals surface area contributed by atoms with Crippen molar-refractivity contribution in [2.24, 2.45) is 0 Å². The molecule has 3 aromatic carbocycles. The van der Waals surface area contributed by atoms with Crippen LogP contribution in [-0.4, -0.2) is 114 Å². The summed E-state index contributed by atoms with van der Waals surface area (Å²) in [6, 6.07) is 21.4. The first-order valence-electron chi connectivity index (χ1n) is 17.5. The van der Waals surface area contributed by atoms with Crippen molar-refractivity contribution in [1.29, 1.82) is 0 Å². The molecular weight excluding hydrogens is 695 g/mol. The molecule has 4 N–H and O–H groups in total. The lowest BCUT2D eigenvalue weighted by Crippen LogP contribution is -2.47. The summed E-state index contributed by atoms with van der Waals surface area (Å²) >= 11 is 0. The molecule has 51 heavy (non-hydrogen) atoms. The Labute approximate surface area is 301 Å². The molecule has 6 rings (SSSR count). The Bertz CT molecular complexity index is 1840. The van der Waals surface area contributed by atoms with Crippen LogP contribution < -0.4 is 15.4 Å². The van der Waals surface area contributed by atoms with Crippen molar-refractivity contribution in [3.8, 4) is 16.9 Å². The lowest BCUT2D eigenvalue weighted by atomic mass is 9.88. The van der Waals surface area contributed by atoms with Crippen molar-refractivity contribution in [1.82, 2.24) is 14.9 Å². The monoisotopic (exact) mass is 743 g/mol. The van der Waals surface area contributed by atoms with E-state index < -0.39 is 42.9 Å². The summed E-state index contributed by atoms with van der Waals surface area (Å²) in [5.41, 5.74) is 2.50. The summed E-state index contributed by atoms with van der Waals surface area (Å²) < 4.78 is 70.8. The van der Waals surface area contributed by atoms with Crippen LogP contribution in [0.4, 0.5) is 0 Å². The third-order valence-electron chi connectivity index (χ3n) is 10.3. The lowest BCUT2D eigenvalue weighted by Gasteiger charge is -2.38. The van der Waals surface area contributed by atoms with E-state index in [-0.39, 0.29) is 29.0 Å². The van der Waals surface area contributed by atoms with Crippen LogP contribution in [0.5, 0.6) is 5.75 Å². The first kappa shape index (κ1) is 37.8. The third kappa shape index (κ3) is 8.66. The van der Waals surface area contributed by atoms with E-state index in [2.05, 4.69) is 10.6 Å². The number of nitrogens with zero attached hydrogens (tertiary/aromatic N) is 1. The molecule has 1 spiro atoms. The number of methoxy groups -OCH3 is 1. The van der Waals surface area contributed by atoms with Crippen LogP contribution in [0.2, 0.25) is 0 Å². The Morgan fingerprint density at radius 1 is 0.941 bits per heavy atom. The van der Waals surface area contributed by atoms with E-state index in [1.165, 1.54) is 12.1 Å². The average Bonchev–Trinajstić information content (AvgIpc) is 3.88. The summed E-state index contributed by atoms with van der Waals surface area (Å²) in [6.07, 6.45) is 1.88. The highest BCUT2D eigenvalue weighted by Crippen LogP contribution is 2.46. The molecule has 3 aromatic rings. The van der Waals surface area contributed by atoms with Crippen LogP contribution in [0.3, 0.4) is 0 Å². The first-order valence-corrected chi connectivity index (χ1v) is 20.4. The highest BCUT2D eigenvalue weighted by molar-refractivity contribution is 7.93. The zero-order chi connectivity index (χ0) is 36.1. The van der Waals surface area contributed by atoms with Crippen LogP contribution >= 0.6 is 0 Å². The van der Waals surface area contributed by atoms with Crippen LogP contribution in [-0.2, 0) is 35.9 Å². The van der Waals surface area contributed by atoms with E-state index in [0.29, 0.717) is 64.2 Å². The second kappa shape index (κ2) is 16.0. The second-order valence-corrected chi connectivity index (χ2v) is 18.2. The predicted octanol–water partition coefficient (Wildman–Crippen LogP) is 2.73. The molecule has 12 nitrogen and oxygen atoms in total. The van der Waals surface area contributed by atoms with Gasteiger partial charge in [-0.1, -0.05) is 42.5 Å². The van der Waals surface area contributed by atoms with Gasteiger partial charge in [0.25, 0.3) is 0 Å². The van der Waals surface area contributed by atoms with Gasteiger partial charge in [-0.15, -0.1) is 0 Å². The molecule has 0 amide bonds. The van der Waals surface area contributed by atoms with Crippen molar-refractivity contribution >= 4 is 19.9 Å². The molecule has 3 fully saturated rings. The summed E-state index contributed by atoms with van der Waals surface area (Å²) in [4.78, 5) is 0.374. The minimum Gasteiger partial charge on any atom is -0.491 e. The number of piperidine rings is 1.